The standard InChI is InChI=1S/C19H30F8O/c1-5-7-9-13(3)16(20,18(22,23)24)11-15(28)12-17(21,19(25,26)27)14(4)10-8-6-2/h13-14H,5-12H2,1-4H3. The average molecular weight is 426 g/mol. The summed E-state index contributed by atoms with van der Waals surface area (Å²) < 4.78 is 109. The number of rotatable bonds is 12. The van der Waals surface area contributed by atoms with Gasteiger partial charge in [-0.1, -0.05) is 53.4 Å². The molecule has 1 nitrogen and oxygen atoms in total. The molecule has 0 aromatic heterocycles. The van der Waals surface area contributed by atoms with Crippen LogP contribution < -0.4 is 0 Å². The maximum absolute atomic E-state index is 14.8. The molecule has 0 saturated carbocycles. The molecule has 0 saturated heterocycles. The molecule has 0 aliphatic heterocycles. The quantitative estimate of drug-likeness (QED) is 0.295. The molecule has 0 rings (SSSR count). The lowest BCUT2D eigenvalue weighted by atomic mass is 9.77. The first-order valence-corrected chi connectivity index (χ1v) is 9.59. The highest BCUT2D eigenvalue weighted by Crippen LogP contribution is 2.48. The van der Waals surface area contributed by atoms with Gasteiger partial charge >= 0.3 is 12.4 Å². The van der Waals surface area contributed by atoms with E-state index in [1.807, 2.05) is 0 Å². The minimum Gasteiger partial charge on any atom is -0.299 e. The highest BCUT2D eigenvalue weighted by atomic mass is 19.4. The zero-order chi connectivity index (χ0) is 22.4. The molecule has 168 valence electrons. The molecule has 0 spiro atoms. The Labute approximate surface area is 161 Å². The molecule has 0 amide bonds. The summed E-state index contributed by atoms with van der Waals surface area (Å²) >= 11 is 0. The Morgan fingerprint density at radius 3 is 1.18 bits per heavy atom. The minimum atomic E-state index is -5.44. The lowest BCUT2D eigenvalue weighted by molar-refractivity contribution is -0.256. The van der Waals surface area contributed by atoms with E-state index >= 15 is 0 Å². The van der Waals surface area contributed by atoms with Crippen LogP contribution in [0.2, 0.25) is 0 Å². The molecular weight excluding hydrogens is 396 g/mol. The topological polar surface area (TPSA) is 17.1 Å². The zero-order valence-corrected chi connectivity index (χ0v) is 16.7. The van der Waals surface area contributed by atoms with E-state index in [0.717, 1.165) is 13.8 Å². The van der Waals surface area contributed by atoms with Gasteiger partial charge in [-0.05, 0) is 24.7 Å². The number of ketones is 1. The number of halogens is 8. The molecule has 0 bridgehead atoms. The molecule has 0 aromatic carbocycles. The fourth-order valence-electron chi connectivity index (χ4n) is 3.22. The number of Topliss-reactive ketones (excluding diaryl/α,β-unsaturated/α-hetero) is 1. The van der Waals surface area contributed by atoms with Crippen LogP contribution in [0.1, 0.15) is 79.1 Å². The van der Waals surface area contributed by atoms with Crippen LogP contribution in [0.4, 0.5) is 35.1 Å². The third-order valence-corrected chi connectivity index (χ3v) is 5.39. The summed E-state index contributed by atoms with van der Waals surface area (Å²) in [6.45, 7) is 5.30. The molecule has 4 atom stereocenters. The Hall–Kier alpha value is -0.890. The van der Waals surface area contributed by atoms with Crippen molar-refractivity contribution in [1.29, 1.82) is 0 Å². The number of hydrogen-bond acceptors (Lipinski definition) is 1. The molecule has 0 aliphatic rings. The van der Waals surface area contributed by atoms with Crippen LogP contribution in [0.5, 0.6) is 0 Å². The van der Waals surface area contributed by atoms with Crippen LogP contribution in [-0.2, 0) is 4.79 Å². The predicted molar refractivity (Wildman–Crippen MR) is 91.4 cm³/mol. The van der Waals surface area contributed by atoms with E-state index in [0.29, 0.717) is 12.8 Å². The summed E-state index contributed by atoms with van der Waals surface area (Å²) in [6.07, 6.45) is -13.4. The summed E-state index contributed by atoms with van der Waals surface area (Å²) in [4.78, 5) is 12.0. The van der Waals surface area contributed by atoms with Crippen LogP contribution in [0.15, 0.2) is 0 Å². The van der Waals surface area contributed by atoms with Crippen LogP contribution in [-0.4, -0.2) is 29.5 Å². The largest absolute Gasteiger partial charge is 0.423 e. The molecule has 0 fully saturated rings. The molecule has 0 aliphatic carbocycles. The third-order valence-electron chi connectivity index (χ3n) is 5.39. The highest BCUT2D eigenvalue weighted by molar-refractivity contribution is 5.81. The first-order chi connectivity index (χ1) is 12.6. The van der Waals surface area contributed by atoms with Gasteiger partial charge in [0.25, 0.3) is 0 Å². The van der Waals surface area contributed by atoms with Gasteiger partial charge in [-0.2, -0.15) is 26.3 Å². The van der Waals surface area contributed by atoms with Gasteiger partial charge in [0.2, 0.25) is 11.3 Å². The molecule has 0 aromatic rings. The highest BCUT2D eigenvalue weighted by Gasteiger charge is 2.63. The predicted octanol–water partition coefficient (Wildman–Crippen LogP) is 7.53. The van der Waals surface area contributed by atoms with Gasteiger partial charge in [-0.15, -0.1) is 0 Å². The minimum absolute atomic E-state index is 0.188. The summed E-state index contributed by atoms with van der Waals surface area (Å²) in [5.41, 5.74) is -7.98. The maximum Gasteiger partial charge on any atom is 0.423 e. The van der Waals surface area contributed by atoms with Crippen LogP contribution in [0, 0.1) is 11.8 Å². The van der Waals surface area contributed by atoms with Crippen molar-refractivity contribution in [2.24, 2.45) is 11.8 Å². The molecule has 0 radical (unpaired) electrons. The van der Waals surface area contributed by atoms with Crippen LogP contribution >= 0.6 is 0 Å². The van der Waals surface area contributed by atoms with E-state index in [1.54, 1.807) is 13.8 Å². The van der Waals surface area contributed by atoms with Crippen LogP contribution in [0.3, 0.4) is 0 Å². The van der Waals surface area contributed by atoms with E-state index in [-0.39, 0.29) is 25.7 Å². The van der Waals surface area contributed by atoms with E-state index in [1.165, 1.54) is 0 Å². The molecule has 0 N–H and O–H groups in total. The van der Waals surface area contributed by atoms with Gasteiger partial charge in [-0.3, -0.25) is 4.79 Å². The average Bonchev–Trinajstić information content (AvgIpc) is 2.54. The molecule has 28 heavy (non-hydrogen) atoms. The van der Waals surface area contributed by atoms with E-state index in [9.17, 15) is 39.9 Å². The fourth-order valence-corrected chi connectivity index (χ4v) is 3.22. The maximum atomic E-state index is 14.8. The van der Waals surface area contributed by atoms with Gasteiger partial charge in [0.05, 0.1) is 0 Å². The van der Waals surface area contributed by atoms with Crippen molar-refractivity contribution in [2.45, 2.75) is 103 Å². The Balaban J connectivity index is 5.60. The van der Waals surface area contributed by atoms with Crippen molar-refractivity contribution in [3.8, 4) is 0 Å². The third kappa shape index (κ3) is 6.58. The van der Waals surface area contributed by atoms with Crippen LogP contribution in [0.25, 0.3) is 0 Å². The number of carbonyl (C=O) groups excluding carboxylic acids is 1. The lowest BCUT2D eigenvalue weighted by Gasteiger charge is -2.36. The zero-order valence-electron chi connectivity index (χ0n) is 16.7. The van der Waals surface area contributed by atoms with Gasteiger partial charge in [-0.25, -0.2) is 8.78 Å². The molecule has 0 heterocycles. The fraction of sp³-hybridized carbons (Fsp3) is 0.947. The Bertz CT molecular complexity index is 445. The number of carbonyl (C=O) groups is 1. The second kappa shape index (κ2) is 10.2. The van der Waals surface area contributed by atoms with Crippen molar-refractivity contribution < 1.29 is 39.9 Å². The summed E-state index contributed by atoms with van der Waals surface area (Å²) in [7, 11) is 0. The number of alkyl halides is 8. The van der Waals surface area contributed by atoms with Crippen molar-refractivity contribution >= 4 is 5.78 Å². The molecular formula is C19H30F8O. The monoisotopic (exact) mass is 426 g/mol. The van der Waals surface area contributed by atoms with Crippen molar-refractivity contribution in [3.63, 3.8) is 0 Å². The second-order valence-corrected chi connectivity index (χ2v) is 7.70. The van der Waals surface area contributed by atoms with E-state index < -0.39 is 54.2 Å². The Morgan fingerprint density at radius 2 is 0.964 bits per heavy atom. The van der Waals surface area contributed by atoms with Crippen molar-refractivity contribution in [2.75, 3.05) is 0 Å². The first kappa shape index (κ1) is 27.1. The Morgan fingerprint density at radius 1 is 0.679 bits per heavy atom. The van der Waals surface area contributed by atoms with Crippen molar-refractivity contribution in [3.05, 3.63) is 0 Å². The summed E-state index contributed by atoms with van der Waals surface area (Å²) in [6, 6.07) is 0. The first-order valence-electron chi connectivity index (χ1n) is 9.59. The van der Waals surface area contributed by atoms with E-state index in [4.69, 9.17) is 0 Å². The summed E-state index contributed by atoms with van der Waals surface area (Å²) in [5, 5.41) is 0. The molecule has 4 unspecified atom stereocenters. The van der Waals surface area contributed by atoms with Gasteiger partial charge < -0.3 is 0 Å². The smallest absolute Gasteiger partial charge is 0.299 e. The van der Waals surface area contributed by atoms with Crippen molar-refractivity contribution in [1.82, 2.24) is 0 Å². The van der Waals surface area contributed by atoms with Gasteiger partial charge in [0.1, 0.15) is 5.78 Å². The van der Waals surface area contributed by atoms with Gasteiger partial charge in [0.15, 0.2) is 0 Å². The summed E-state index contributed by atoms with van der Waals surface area (Å²) in [5.74, 6) is -4.98. The van der Waals surface area contributed by atoms with Gasteiger partial charge in [0, 0.05) is 12.8 Å². The second-order valence-electron chi connectivity index (χ2n) is 7.70. The normalized spacial score (nSPS) is 19.6. The number of unbranched alkanes of at least 4 members (excludes halogenated alkanes) is 2. The van der Waals surface area contributed by atoms with E-state index in [2.05, 4.69) is 0 Å². The number of hydrogen-bond donors (Lipinski definition) is 0. The molecule has 9 heteroatoms. The lowest BCUT2D eigenvalue weighted by Crippen LogP contribution is -2.51. The SMILES string of the molecule is CCCCC(C)C(F)(CC(=O)CC(F)(C(C)CCCC)C(F)(F)F)C(F)(F)F. The Kier molecular flexibility index (Phi) is 9.91.